The number of aryl methyl sites for hydroxylation is 1. The molecule has 0 aliphatic heterocycles. The van der Waals surface area contributed by atoms with E-state index in [1.54, 1.807) is 0 Å². The van der Waals surface area contributed by atoms with Crippen molar-refractivity contribution in [3.8, 4) is 0 Å². The molecule has 0 bridgehead atoms. The first-order valence-electron chi connectivity index (χ1n) is 7.61. The van der Waals surface area contributed by atoms with Gasteiger partial charge in [0.25, 0.3) is 0 Å². The van der Waals surface area contributed by atoms with Crippen LogP contribution in [0.1, 0.15) is 50.2 Å². The van der Waals surface area contributed by atoms with Crippen LogP contribution in [0.25, 0.3) is 0 Å². The van der Waals surface area contributed by atoms with Crippen LogP contribution in [0.15, 0.2) is 18.2 Å². The van der Waals surface area contributed by atoms with Gasteiger partial charge in [-0.05, 0) is 48.9 Å². The van der Waals surface area contributed by atoms with Crippen molar-refractivity contribution in [2.45, 2.75) is 52.5 Å². The molecule has 19 heavy (non-hydrogen) atoms. The van der Waals surface area contributed by atoms with Gasteiger partial charge in [0.1, 0.15) is 0 Å². The van der Waals surface area contributed by atoms with Gasteiger partial charge >= 0.3 is 0 Å². The summed E-state index contributed by atoms with van der Waals surface area (Å²) in [6, 6.07) is 6.34. The number of hydrogen-bond acceptors (Lipinski definition) is 1. The fraction of sp³-hybridized carbons (Fsp3) is 0.647. The van der Waals surface area contributed by atoms with Crippen molar-refractivity contribution in [2.24, 2.45) is 11.8 Å². The van der Waals surface area contributed by atoms with Crippen molar-refractivity contribution in [1.29, 1.82) is 0 Å². The number of hydrogen-bond donors (Lipinski definition) is 1. The van der Waals surface area contributed by atoms with Gasteiger partial charge in [0.05, 0.1) is 0 Å². The Morgan fingerprint density at radius 3 is 2.63 bits per heavy atom. The van der Waals surface area contributed by atoms with Crippen LogP contribution in [0.2, 0.25) is 5.02 Å². The normalized spacial score (nSPS) is 23.5. The van der Waals surface area contributed by atoms with Crippen molar-refractivity contribution in [2.75, 3.05) is 6.54 Å². The third-order valence-electron chi connectivity index (χ3n) is 4.43. The zero-order chi connectivity index (χ0) is 13.7. The molecule has 0 radical (unpaired) electrons. The molecule has 2 heteroatoms. The average Bonchev–Trinajstić information content (AvgIpc) is 2.41. The summed E-state index contributed by atoms with van der Waals surface area (Å²) in [5, 5.41) is 4.42. The van der Waals surface area contributed by atoms with Crippen LogP contribution in [0.5, 0.6) is 0 Å². The van der Waals surface area contributed by atoms with Gasteiger partial charge in [0.15, 0.2) is 0 Å². The van der Waals surface area contributed by atoms with Gasteiger partial charge in [-0.25, -0.2) is 0 Å². The third-order valence-corrected chi connectivity index (χ3v) is 4.84. The topological polar surface area (TPSA) is 12.0 Å². The summed E-state index contributed by atoms with van der Waals surface area (Å²) in [7, 11) is 0. The molecule has 106 valence electrons. The minimum Gasteiger partial charge on any atom is -0.313 e. The Morgan fingerprint density at radius 1 is 1.21 bits per heavy atom. The summed E-state index contributed by atoms with van der Waals surface area (Å²) in [4.78, 5) is 0. The van der Waals surface area contributed by atoms with Crippen LogP contribution in [-0.4, -0.2) is 6.54 Å². The second kappa shape index (κ2) is 7.31. The molecule has 1 N–H and O–H groups in total. The van der Waals surface area contributed by atoms with Gasteiger partial charge in [0, 0.05) is 11.6 Å². The second-order valence-electron chi connectivity index (χ2n) is 6.17. The monoisotopic (exact) mass is 279 g/mol. The van der Waals surface area contributed by atoms with Crippen LogP contribution < -0.4 is 5.32 Å². The van der Waals surface area contributed by atoms with E-state index in [4.69, 9.17) is 11.6 Å². The molecule has 1 fully saturated rings. The molecule has 0 amide bonds. The molecule has 1 aromatic carbocycles. The van der Waals surface area contributed by atoms with E-state index in [1.165, 1.54) is 37.7 Å². The molecule has 1 aromatic rings. The lowest BCUT2D eigenvalue weighted by molar-refractivity contribution is 0.275. The van der Waals surface area contributed by atoms with E-state index in [2.05, 4.69) is 30.4 Å². The van der Waals surface area contributed by atoms with Crippen LogP contribution in [-0.2, 0) is 6.54 Å². The molecule has 0 spiro atoms. The third kappa shape index (κ3) is 4.81. The molecule has 0 heterocycles. The molecule has 1 saturated carbocycles. The lowest BCUT2D eigenvalue weighted by Crippen LogP contribution is -2.20. The molecule has 2 rings (SSSR count). The number of nitrogens with one attached hydrogen (secondary N) is 1. The van der Waals surface area contributed by atoms with E-state index in [0.717, 1.165) is 35.5 Å². The van der Waals surface area contributed by atoms with Crippen LogP contribution >= 0.6 is 11.6 Å². The van der Waals surface area contributed by atoms with E-state index in [1.807, 2.05) is 6.92 Å². The maximum Gasteiger partial charge on any atom is 0.0438 e. The standard InChI is InChI=1S/C17H26ClN/c1-13-3-6-15(7-4-13)9-10-19-12-16-8-5-14(2)17(18)11-16/h5,8,11,13,15,19H,3-4,6-7,9-10,12H2,1-2H3. The van der Waals surface area contributed by atoms with Crippen molar-refractivity contribution >= 4 is 11.6 Å². The summed E-state index contributed by atoms with van der Waals surface area (Å²) >= 11 is 6.13. The quantitative estimate of drug-likeness (QED) is 0.752. The Morgan fingerprint density at radius 2 is 1.95 bits per heavy atom. The van der Waals surface area contributed by atoms with Gasteiger partial charge in [-0.2, -0.15) is 0 Å². The zero-order valence-corrected chi connectivity index (χ0v) is 13.0. The molecule has 1 aliphatic rings. The van der Waals surface area contributed by atoms with E-state index in [9.17, 15) is 0 Å². The predicted octanol–water partition coefficient (Wildman–Crippen LogP) is 4.95. The van der Waals surface area contributed by atoms with Crippen LogP contribution in [0.4, 0.5) is 0 Å². The molecule has 0 unspecified atom stereocenters. The Labute approximate surface area is 122 Å². The summed E-state index contributed by atoms with van der Waals surface area (Å²) in [5.41, 5.74) is 2.44. The fourth-order valence-electron chi connectivity index (χ4n) is 2.90. The molecule has 1 nitrogen and oxygen atoms in total. The summed E-state index contributed by atoms with van der Waals surface area (Å²) in [5.74, 6) is 1.91. The van der Waals surface area contributed by atoms with E-state index in [-0.39, 0.29) is 0 Å². The van der Waals surface area contributed by atoms with Gasteiger partial charge in [-0.15, -0.1) is 0 Å². The van der Waals surface area contributed by atoms with E-state index < -0.39 is 0 Å². The molecule has 0 aromatic heterocycles. The molecular weight excluding hydrogens is 254 g/mol. The van der Waals surface area contributed by atoms with Gasteiger partial charge in [0.2, 0.25) is 0 Å². The minimum absolute atomic E-state index is 0.876. The van der Waals surface area contributed by atoms with Gasteiger partial charge < -0.3 is 5.32 Å². The Bertz CT molecular complexity index is 394. The lowest BCUT2D eigenvalue weighted by Gasteiger charge is -2.26. The van der Waals surface area contributed by atoms with Crippen molar-refractivity contribution in [1.82, 2.24) is 5.32 Å². The lowest BCUT2D eigenvalue weighted by atomic mass is 9.81. The average molecular weight is 280 g/mol. The highest BCUT2D eigenvalue weighted by atomic mass is 35.5. The van der Waals surface area contributed by atoms with Crippen LogP contribution in [0.3, 0.4) is 0 Å². The van der Waals surface area contributed by atoms with Crippen molar-refractivity contribution in [3.05, 3.63) is 34.3 Å². The summed E-state index contributed by atoms with van der Waals surface area (Å²) in [6.45, 7) is 6.49. The maximum absolute atomic E-state index is 6.13. The van der Waals surface area contributed by atoms with E-state index in [0.29, 0.717) is 0 Å². The summed E-state index contributed by atoms with van der Waals surface area (Å²) in [6.07, 6.45) is 7.04. The Kier molecular flexibility index (Phi) is 5.72. The first-order chi connectivity index (χ1) is 9.15. The predicted molar refractivity (Wildman–Crippen MR) is 83.6 cm³/mol. The van der Waals surface area contributed by atoms with Crippen LogP contribution in [0, 0.1) is 18.8 Å². The zero-order valence-electron chi connectivity index (χ0n) is 12.2. The first-order valence-corrected chi connectivity index (χ1v) is 7.98. The highest BCUT2D eigenvalue weighted by molar-refractivity contribution is 6.31. The van der Waals surface area contributed by atoms with Gasteiger partial charge in [-0.1, -0.05) is 56.3 Å². The molecular formula is C17H26ClN. The van der Waals surface area contributed by atoms with E-state index >= 15 is 0 Å². The molecule has 1 aliphatic carbocycles. The number of benzene rings is 1. The van der Waals surface area contributed by atoms with Crippen molar-refractivity contribution < 1.29 is 0 Å². The Hall–Kier alpha value is -0.530. The van der Waals surface area contributed by atoms with Gasteiger partial charge in [-0.3, -0.25) is 0 Å². The smallest absolute Gasteiger partial charge is 0.0438 e. The fourth-order valence-corrected chi connectivity index (χ4v) is 3.11. The summed E-state index contributed by atoms with van der Waals surface area (Å²) < 4.78 is 0. The largest absolute Gasteiger partial charge is 0.313 e. The first kappa shape index (κ1) is 14.9. The molecule has 0 atom stereocenters. The molecule has 0 saturated heterocycles. The maximum atomic E-state index is 6.13. The number of rotatable bonds is 5. The highest BCUT2D eigenvalue weighted by Gasteiger charge is 2.17. The Balaban J connectivity index is 1.65. The highest BCUT2D eigenvalue weighted by Crippen LogP contribution is 2.29. The number of halogens is 1. The SMILES string of the molecule is Cc1ccc(CNCCC2CCC(C)CC2)cc1Cl. The minimum atomic E-state index is 0.876. The second-order valence-corrected chi connectivity index (χ2v) is 6.58. The van der Waals surface area contributed by atoms with Crippen molar-refractivity contribution in [3.63, 3.8) is 0 Å².